The molecule has 0 N–H and O–H groups in total. The molecule has 4 rings (SSSR count). The molecule has 8 heteroatoms. The third kappa shape index (κ3) is 4.12. The van der Waals surface area contributed by atoms with Crippen LogP contribution in [0.15, 0.2) is 34.1 Å². The summed E-state index contributed by atoms with van der Waals surface area (Å²) in [6, 6.07) is 5.14. The Bertz CT molecular complexity index is 903. The quantitative estimate of drug-likeness (QED) is 0.547. The minimum absolute atomic E-state index is 0.0786. The fraction of sp³-hybridized carbons (Fsp3) is 0.500. The predicted molar refractivity (Wildman–Crippen MR) is 101 cm³/mol. The van der Waals surface area contributed by atoms with Crippen LogP contribution in [0.3, 0.4) is 0 Å². The van der Waals surface area contributed by atoms with Gasteiger partial charge in [-0.25, -0.2) is 4.79 Å². The van der Waals surface area contributed by atoms with Gasteiger partial charge in [0.2, 0.25) is 0 Å². The van der Waals surface area contributed by atoms with E-state index in [9.17, 15) is 18.0 Å². The van der Waals surface area contributed by atoms with E-state index in [4.69, 9.17) is 4.74 Å². The van der Waals surface area contributed by atoms with Crippen molar-refractivity contribution in [3.8, 4) is 0 Å². The third-order valence-corrected chi connectivity index (χ3v) is 6.36. The highest BCUT2D eigenvalue weighted by Gasteiger charge is 2.30. The topological polar surface area (TPSA) is 44.1 Å². The Balaban J connectivity index is 1.51. The molecule has 1 aromatic heterocycles. The maximum absolute atomic E-state index is 12.7. The summed E-state index contributed by atoms with van der Waals surface area (Å²) in [6.07, 6.45) is 0.454. The number of benzene rings is 1. The molecule has 0 saturated carbocycles. The zero-order valence-electron chi connectivity index (χ0n) is 15.3. The molecule has 0 unspecified atom stereocenters. The van der Waals surface area contributed by atoms with E-state index in [1.807, 2.05) is 0 Å². The average Bonchev–Trinajstić information content (AvgIpc) is 3.34. The summed E-state index contributed by atoms with van der Waals surface area (Å²) >= 11 is 1.42. The Kier molecular flexibility index (Phi) is 5.51. The van der Waals surface area contributed by atoms with Crippen LogP contribution in [0.5, 0.6) is 0 Å². The number of alkyl halides is 3. The Labute approximate surface area is 165 Å². The lowest BCUT2D eigenvalue weighted by Gasteiger charge is -2.17. The Morgan fingerprint density at radius 1 is 1.18 bits per heavy atom. The first-order chi connectivity index (χ1) is 13.4. The molecule has 2 heterocycles. The smallest absolute Gasteiger partial charge is 0.376 e. The summed E-state index contributed by atoms with van der Waals surface area (Å²) in [5, 5.41) is 0.709. The number of halogens is 3. The average molecular weight is 410 g/mol. The molecule has 1 atom stereocenters. The Morgan fingerprint density at radius 3 is 2.64 bits per heavy atom. The van der Waals surface area contributed by atoms with Crippen molar-refractivity contribution in [2.75, 3.05) is 6.61 Å². The van der Waals surface area contributed by atoms with E-state index in [0.717, 1.165) is 67.7 Å². The number of aromatic nitrogens is 2. The fourth-order valence-electron chi connectivity index (χ4n) is 3.83. The van der Waals surface area contributed by atoms with E-state index in [1.54, 1.807) is 4.57 Å². The summed E-state index contributed by atoms with van der Waals surface area (Å²) in [4.78, 5) is 16.9. The van der Waals surface area contributed by atoms with Gasteiger partial charge in [0.05, 0.1) is 18.2 Å². The van der Waals surface area contributed by atoms with E-state index in [2.05, 4.69) is 4.98 Å². The normalized spacial score (nSPS) is 19.2. The van der Waals surface area contributed by atoms with Crippen molar-refractivity contribution < 1.29 is 17.9 Å². The maximum Gasteiger partial charge on any atom is 0.416 e. The van der Waals surface area contributed by atoms with Crippen LogP contribution in [0, 0.1) is 0 Å². The predicted octanol–water partition coefficient (Wildman–Crippen LogP) is 4.22. The molecule has 0 spiro atoms. The lowest BCUT2D eigenvalue weighted by Crippen LogP contribution is -2.31. The van der Waals surface area contributed by atoms with Crippen LogP contribution < -0.4 is 5.69 Å². The molecular formula is C20H21F3N2O2S. The van der Waals surface area contributed by atoms with Gasteiger partial charge in [-0.05, 0) is 49.8 Å². The van der Waals surface area contributed by atoms with Gasteiger partial charge in [-0.2, -0.15) is 18.2 Å². The molecule has 1 saturated heterocycles. The number of hydrogen-bond acceptors (Lipinski definition) is 4. The number of rotatable bonds is 5. The van der Waals surface area contributed by atoms with Crippen LogP contribution in [-0.2, 0) is 36.1 Å². The molecule has 1 fully saturated rings. The van der Waals surface area contributed by atoms with E-state index >= 15 is 0 Å². The zero-order chi connectivity index (χ0) is 19.7. The van der Waals surface area contributed by atoms with Gasteiger partial charge in [-0.15, -0.1) is 11.8 Å². The SMILES string of the molecule is O=c1nc(SCc2ccc(C(F)(F)F)cc2)c2c(n1C[C@@H]1CCCO1)CCC2. The molecule has 1 aliphatic carbocycles. The first-order valence-electron chi connectivity index (χ1n) is 9.45. The summed E-state index contributed by atoms with van der Waals surface area (Å²) in [5.74, 6) is 0.479. The van der Waals surface area contributed by atoms with Crippen LogP contribution in [0.1, 0.15) is 41.6 Å². The molecule has 150 valence electrons. The highest BCUT2D eigenvalue weighted by molar-refractivity contribution is 7.98. The van der Waals surface area contributed by atoms with Crippen molar-refractivity contribution in [3.63, 3.8) is 0 Å². The molecule has 4 nitrogen and oxygen atoms in total. The molecule has 28 heavy (non-hydrogen) atoms. The maximum atomic E-state index is 12.7. The summed E-state index contributed by atoms with van der Waals surface area (Å²) in [6.45, 7) is 1.30. The highest BCUT2D eigenvalue weighted by Crippen LogP contribution is 2.33. The van der Waals surface area contributed by atoms with E-state index in [1.165, 1.54) is 23.9 Å². The minimum atomic E-state index is -4.33. The first kappa shape index (κ1) is 19.5. The summed E-state index contributed by atoms with van der Waals surface area (Å²) in [7, 11) is 0. The molecular weight excluding hydrogens is 389 g/mol. The number of fused-ring (bicyclic) bond motifs is 1. The number of thioether (sulfide) groups is 1. The first-order valence-corrected chi connectivity index (χ1v) is 10.4. The van der Waals surface area contributed by atoms with Gasteiger partial charge in [0.25, 0.3) is 0 Å². The van der Waals surface area contributed by atoms with Gasteiger partial charge in [-0.3, -0.25) is 4.57 Å². The van der Waals surface area contributed by atoms with Gasteiger partial charge < -0.3 is 4.74 Å². The molecule has 2 aliphatic rings. The van der Waals surface area contributed by atoms with Gasteiger partial charge in [-0.1, -0.05) is 12.1 Å². The molecule has 2 aromatic rings. The Hall–Kier alpha value is -1.80. The fourth-order valence-corrected chi connectivity index (χ4v) is 4.86. The van der Waals surface area contributed by atoms with E-state index in [0.29, 0.717) is 17.3 Å². The van der Waals surface area contributed by atoms with Crippen LogP contribution in [0.4, 0.5) is 13.2 Å². The largest absolute Gasteiger partial charge is 0.416 e. The Morgan fingerprint density at radius 2 is 1.96 bits per heavy atom. The highest BCUT2D eigenvalue weighted by atomic mass is 32.2. The molecule has 1 aromatic carbocycles. The van der Waals surface area contributed by atoms with Crippen LogP contribution in [0.2, 0.25) is 0 Å². The van der Waals surface area contributed by atoms with E-state index < -0.39 is 11.7 Å². The number of hydrogen-bond donors (Lipinski definition) is 0. The number of ether oxygens (including phenoxy) is 1. The monoisotopic (exact) mass is 410 g/mol. The van der Waals surface area contributed by atoms with Gasteiger partial charge in [0.1, 0.15) is 5.03 Å². The van der Waals surface area contributed by atoms with Gasteiger partial charge in [0, 0.05) is 23.6 Å². The van der Waals surface area contributed by atoms with Crippen LogP contribution >= 0.6 is 11.8 Å². The zero-order valence-corrected chi connectivity index (χ0v) is 16.1. The van der Waals surface area contributed by atoms with Gasteiger partial charge in [0.15, 0.2) is 0 Å². The van der Waals surface area contributed by atoms with E-state index in [-0.39, 0.29) is 11.8 Å². The second-order valence-corrected chi connectivity index (χ2v) is 8.17. The van der Waals surface area contributed by atoms with Crippen molar-refractivity contribution in [1.82, 2.24) is 9.55 Å². The summed E-state index contributed by atoms with van der Waals surface area (Å²) < 4.78 is 45.5. The van der Waals surface area contributed by atoms with Gasteiger partial charge >= 0.3 is 11.9 Å². The number of nitrogens with zero attached hydrogens (tertiary/aromatic N) is 2. The lowest BCUT2D eigenvalue weighted by molar-refractivity contribution is -0.137. The second-order valence-electron chi connectivity index (χ2n) is 7.21. The third-order valence-electron chi connectivity index (χ3n) is 5.27. The lowest BCUT2D eigenvalue weighted by atomic mass is 10.1. The van der Waals surface area contributed by atoms with Crippen molar-refractivity contribution in [2.45, 2.75) is 61.7 Å². The standard InChI is InChI=1S/C20H21F3N2O2S/c21-20(22,23)14-8-6-13(7-9-14)12-28-18-16-4-1-5-17(16)25(19(26)24-18)11-15-3-2-10-27-15/h6-9,15H,1-5,10-12H2/t15-/m0/s1. The molecule has 1 aliphatic heterocycles. The van der Waals surface area contributed by atoms with Crippen LogP contribution in [0.25, 0.3) is 0 Å². The second kappa shape index (κ2) is 7.91. The summed E-state index contributed by atoms with van der Waals surface area (Å²) in [5.41, 5.74) is 2.01. The van der Waals surface area contributed by atoms with Crippen molar-refractivity contribution in [2.24, 2.45) is 0 Å². The van der Waals surface area contributed by atoms with Crippen molar-refractivity contribution >= 4 is 11.8 Å². The van der Waals surface area contributed by atoms with Crippen molar-refractivity contribution in [3.05, 3.63) is 57.1 Å². The molecule has 0 bridgehead atoms. The molecule has 0 radical (unpaired) electrons. The minimum Gasteiger partial charge on any atom is -0.376 e. The molecule has 0 amide bonds. The van der Waals surface area contributed by atoms with Crippen LogP contribution in [-0.4, -0.2) is 22.3 Å². The van der Waals surface area contributed by atoms with Crippen molar-refractivity contribution in [1.29, 1.82) is 0 Å².